The van der Waals surface area contributed by atoms with Crippen molar-refractivity contribution in [1.29, 1.82) is 0 Å². The molecule has 2 atom stereocenters. The van der Waals surface area contributed by atoms with Crippen LogP contribution in [0.15, 0.2) is 24.3 Å². The van der Waals surface area contributed by atoms with Crippen molar-refractivity contribution in [2.75, 3.05) is 0 Å². The molecule has 0 aromatic heterocycles. The van der Waals surface area contributed by atoms with E-state index in [1.807, 2.05) is 24.3 Å². The number of amides is 2. The molecule has 6 heteroatoms. The second-order valence-electron chi connectivity index (χ2n) is 6.25. The highest BCUT2D eigenvalue weighted by molar-refractivity contribution is 8.23. The molecule has 1 aromatic rings. The van der Waals surface area contributed by atoms with Gasteiger partial charge >= 0.3 is 6.03 Å². The van der Waals surface area contributed by atoms with Crippen molar-refractivity contribution in [1.82, 2.24) is 10.2 Å². The maximum atomic E-state index is 12.7. The molecule has 3 nitrogen and oxygen atoms in total. The van der Waals surface area contributed by atoms with Crippen LogP contribution >= 0.6 is 35.6 Å². The molecule has 3 rings (SSSR count). The number of hydrogen-bond acceptors (Lipinski definition) is 3. The fourth-order valence-corrected chi connectivity index (χ4v) is 5.20. The van der Waals surface area contributed by atoms with Gasteiger partial charge in [0.05, 0.1) is 11.3 Å². The number of carbonyl (C=O) groups is 1. The van der Waals surface area contributed by atoms with E-state index in [1.165, 1.54) is 19.3 Å². The number of nitrogens with one attached hydrogen (secondary N) is 1. The first-order chi connectivity index (χ1) is 11.1. The van der Waals surface area contributed by atoms with Gasteiger partial charge in [-0.05, 0) is 37.5 Å². The van der Waals surface area contributed by atoms with E-state index in [4.69, 9.17) is 23.8 Å². The van der Waals surface area contributed by atoms with Gasteiger partial charge in [-0.2, -0.15) is 0 Å². The molecule has 1 aromatic carbocycles. The van der Waals surface area contributed by atoms with Crippen LogP contribution in [0.2, 0.25) is 5.02 Å². The number of thiocarbonyl (C=S) groups is 1. The summed E-state index contributed by atoms with van der Waals surface area (Å²) in [4.78, 5) is 14.4. The van der Waals surface area contributed by atoms with Gasteiger partial charge in [-0.3, -0.25) is 4.90 Å². The Bertz CT molecular complexity index is 587. The Morgan fingerprint density at radius 1 is 1.26 bits per heavy atom. The molecule has 1 N–H and O–H groups in total. The maximum absolute atomic E-state index is 12.7. The minimum atomic E-state index is -0.0432. The number of hydrogen-bond donors (Lipinski definition) is 1. The van der Waals surface area contributed by atoms with E-state index in [-0.39, 0.29) is 17.3 Å². The lowest BCUT2D eigenvalue weighted by Crippen LogP contribution is -2.48. The second-order valence-corrected chi connectivity index (χ2v) is 8.46. The van der Waals surface area contributed by atoms with Crippen LogP contribution in [0, 0.1) is 0 Å². The number of thioether (sulfide) groups is 1. The molecule has 23 heavy (non-hydrogen) atoms. The predicted molar refractivity (Wildman–Crippen MR) is 101 cm³/mol. The molecule has 1 aliphatic heterocycles. The van der Waals surface area contributed by atoms with Gasteiger partial charge < -0.3 is 5.32 Å². The van der Waals surface area contributed by atoms with E-state index in [2.05, 4.69) is 12.2 Å². The van der Waals surface area contributed by atoms with Crippen molar-refractivity contribution in [3.63, 3.8) is 0 Å². The third-order valence-electron chi connectivity index (χ3n) is 4.62. The molecule has 1 heterocycles. The Balaban J connectivity index is 1.69. The van der Waals surface area contributed by atoms with Crippen LogP contribution in [-0.4, -0.2) is 27.3 Å². The van der Waals surface area contributed by atoms with Gasteiger partial charge in [0.1, 0.15) is 4.32 Å². The molecule has 0 bridgehead atoms. The average Bonchev–Trinajstić information content (AvgIpc) is 2.84. The van der Waals surface area contributed by atoms with Gasteiger partial charge in [0.25, 0.3) is 0 Å². The zero-order valence-corrected chi connectivity index (χ0v) is 15.5. The molecular formula is C17H21ClN2OS2. The summed E-state index contributed by atoms with van der Waals surface area (Å²) in [5.74, 6) is 0. The minimum Gasteiger partial charge on any atom is -0.335 e. The topological polar surface area (TPSA) is 32.3 Å². The van der Waals surface area contributed by atoms with Crippen molar-refractivity contribution in [2.24, 2.45) is 0 Å². The molecule has 2 fully saturated rings. The van der Waals surface area contributed by atoms with Crippen LogP contribution in [0.3, 0.4) is 0 Å². The molecular weight excluding hydrogens is 348 g/mol. The lowest BCUT2D eigenvalue weighted by molar-refractivity contribution is 0.205. The van der Waals surface area contributed by atoms with E-state index in [9.17, 15) is 4.79 Å². The molecule has 0 unspecified atom stereocenters. The quantitative estimate of drug-likeness (QED) is 0.733. The number of nitrogens with zero attached hydrogens (tertiary/aromatic N) is 1. The van der Waals surface area contributed by atoms with Crippen LogP contribution in [0.4, 0.5) is 4.79 Å². The Morgan fingerprint density at radius 3 is 2.57 bits per heavy atom. The molecule has 0 radical (unpaired) electrons. The number of halogens is 1. The first-order valence-electron chi connectivity index (χ1n) is 8.12. The Morgan fingerprint density at radius 2 is 1.91 bits per heavy atom. The summed E-state index contributed by atoms with van der Waals surface area (Å²) in [5, 5.41) is 4.05. The highest BCUT2D eigenvalue weighted by atomic mass is 35.5. The van der Waals surface area contributed by atoms with Crippen molar-refractivity contribution in [2.45, 2.75) is 56.4 Å². The van der Waals surface area contributed by atoms with Crippen molar-refractivity contribution in [3.05, 3.63) is 34.9 Å². The summed E-state index contributed by atoms with van der Waals surface area (Å²) in [6.07, 6.45) is 5.84. The first kappa shape index (κ1) is 17.1. The van der Waals surface area contributed by atoms with E-state index in [0.29, 0.717) is 10.4 Å². The molecule has 2 amide bonds. The van der Waals surface area contributed by atoms with Crippen LogP contribution in [-0.2, 0) is 0 Å². The fraction of sp³-hybridized carbons (Fsp3) is 0.529. The summed E-state index contributed by atoms with van der Waals surface area (Å²) in [5.41, 5.74) is 1.15. The van der Waals surface area contributed by atoms with Gasteiger partial charge in [0.15, 0.2) is 0 Å². The van der Waals surface area contributed by atoms with E-state index >= 15 is 0 Å². The van der Waals surface area contributed by atoms with E-state index in [1.54, 1.807) is 16.7 Å². The second kappa shape index (κ2) is 7.41. The monoisotopic (exact) mass is 368 g/mol. The predicted octanol–water partition coefficient (Wildman–Crippen LogP) is 5.15. The summed E-state index contributed by atoms with van der Waals surface area (Å²) < 4.78 is 0.658. The average molecular weight is 369 g/mol. The van der Waals surface area contributed by atoms with E-state index < -0.39 is 0 Å². The van der Waals surface area contributed by atoms with Crippen LogP contribution < -0.4 is 5.32 Å². The third kappa shape index (κ3) is 3.83. The van der Waals surface area contributed by atoms with Gasteiger partial charge in [-0.1, -0.05) is 67.0 Å². The SMILES string of the molecule is C[C@@H]1[C@@H](c2ccc(Cl)cc2)SC(=S)N1C(=O)NC1CCCCC1. The van der Waals surface area contributed by atoms with Gasteiger partial charge in [0.2, 0.25) is 0 Å². The molecule has 124 valence electrons. The van der Waals surface area contributed by atoms with Gasteiger partial charge in [0, 0.05) is 11.1 Å². The van der Waals surface area contributed by atoms with Crippen molar-refractivity contribution < 1.29 is 4.79 Å². The maximum Gasteiger partial charge on any atom is 0.323 e. The van der Waals surface area contributed by atoms with Crippen LogP contribution in [0.1, 0.15) is 49.8 Å². The lowest BCUT2D eigenvalue weighted by atomic mass is 9.96. The Labute approximate surface area is 152 Å². The highest BCUT2D eigenvalue weighted by Crippen LogP contribution is 2.43. The lowest BCUT2D eigenvalue weighted by Gasteiger charge is -2.28. The number of rotatable bonds is 2. The zero-order chi connectivity index (χ0) is 16.4. The summed E-state index contributed by atoms with van der Waals surface area (Å²) in [7, 11) is 0. The van der Waals surface area contributed by atoms with Gasteiger partial charge in [-0.25, -0.2) is 4.79 Å². The van der Waals surface area contributed by atoms with Gasteiger partial charge in [-0.15, -0.1) is 0 Å². The number of urea groups is 1. The van der Waals surface area contributed by atoms with E-state index in [0.717, 1.165) is 23.4 Å². The molecule has 1 saturated carbocycles. The van der Waals surface area contributed by atoms with Crippen molar-refractivity contribution in [3.8, 4) is 0 Å². The summed E-state index contributed by atoms with van der Waals surface area (Å²) in [6, 6.07) is 8.10. The first-order valence-corrected chi connectivity index (χ1v) is 9.78. The molecule has 0 spiro atoms. The van der Waals surface area contributed by atoms with Crippen LogP contribution in [0.25, 0.3) is 0 Å². The standard InChI is InChI=1S/C17H21ClN2OS2/c1-11-15(12-7-9-13(18)10-8-12)23-17(22)20(11)16(21)19-14-5-3-2-4-6-14/h7-11,14-15H,2-6H2,1H3,(H,19,21)/t11-,15+/m1/s1. The minimum absolute atomic E-state index is 0.0391. The normalized spacial score (nSPS) is 25.7. The summed E-state index contributed by atoms with van der Waals surface area (Å²) >= 11 is 13.0. The third-order valence-corrected chi connectivity index (χ3v) is 6.68. The molecule has 1 aliphatic carbocycles. The van der Waals surface area contributed by atoms with Crippen molar-refractivity contribution >= 4 is 45.9 Å². The zero-order valence-electron chi connectivity index (χ0n) is 13.1. The Kier molecular flexibility index (Phi) is 5.49. The molecule has 2 aliphatic rings. The Hall–Kier alpha value is -0.780. The van der Waals surface area contributed by atoms with Crippen LogP contribution in [0.5, 0.6) is 0 Å². The smallest absolute Gasteiger partial charge is 0.323 e. The number of carbonyl (C=O) groups excluding carboxylic acids is 1. The number of benzene rings is 1. The largest absolute Gasteiger partial charge is 0.335 e. The summed E-state index contributed by atoms with van der Waals surface area (Å²) in [6.45, 7) is 2.06. The highest BCUT2D eigenvalue weighted by Gasteiger charge is 2.40. The molecule has 1 saturated heterocycles. The fourth-order valence-electron chi connectivity index (χ4n) is 3.32.